The Balaban J connectivity index is 1.81. The maximum atomic E-state index is 13.5. The summed E-state index contributed by atoms with van der Waals surface area (Å²) in [6.07, 6.45) is 0. The number of hydrogen-bond acceptors (Lipinski definition) is 3. The van der Waals surface area contributed by atoms with E-state index in [2.05, 4.69) is 0 Å². The van der Waals surface area contributed by atoms with E-state index in [1.807, 2.05) is 0 Å². The van der Waals surface area contributed by atoms with Crippen molar-refractivity contribution in [3.05, 3.63) is 35.6 Å². The Morgan fingerprint density at radius 1 is 1.40 bits per heavy atom. The van der Waals surface area contributed by atoms with E-state index >= 15 is 0 Å². The molecule has 0 unspecified atom stereocenters. The number of rotatable bonds is 5. The lowest BCUT2D eigenvalue weighted by Crippen LogP contribution is -2.53. The highest BCUT2D eigenvalue weighted by Gasteiger charge is 2.33. The van der Waals surface area contributed by atoms with Crippen LogP contribution in [0, 0.1) is 11.7 Å². The maximum absolute atomic E-state index is 13.5. The van der Waals surface area contributed by atoms with E-state index in [0.29, 0.717) is 18.7 Å². The standard InChI is InChI=1S/C14H17FN2O3/c1-16(6-10-4-2-3-5-12(10)15)13(18)9-17-7-11(8-17)14(19)20/h2-5,11H,6-9H2,1H3,(H,19,20). The van der Waals surface area contributed by atoms with Crippen molar-refractivity contribution in [3.8, 4) is 0 Å². The summed E-state index contributed by atoms with van der Waals surface area (Å²) in [5.41, 5.74) is 0.468. The fourth-order valence-corrected chi connectivity index (χ4v) is 2.14. The number of carbonyl (C=O) groups is 2. The zero-order chi connectivity index (χ0) is 14.7. The summed E-state index contributed by atoms with van der Waals surface area (Å²) in [5.74, 6) is -1.67. The number of hydrogen-bond donors (Lipinski definition) is 1. The molecular formula is C14H17FN2O3. The molecule has 5 nitrogen and oxygen atoms in total. The van der Waals surface area contributed by atoms with Crippen molar-refractivity contribution < 1.29 is 19.1 Å². The molecule has 1 aromatic carbocycles. The second-order valence-corrected chi connectivity index (χ2v) is 5.07. The van der Waals surface area contributed by atoms with Gasteiger partial charge < -0.3 is 10.0 Å². The number of amides is 1. The van der Waals surface area contributed by atoms with Gasteiger partial charge in [0.1, 0.15) is 5.82 Å². The Hall–Kier alpha value is -1.95. The number of nitrogens with zero attached hydrogens (tertiary/aromatic N) is 2. The Morgan fingerprint density at radius 3 is 2.65 bits per heavy atom. The van der Waals surface area contributed by atoms with Gasteiger partial charge in [0.05, 0.1) is 12.5 Å². The average molecular weight is 280 g/mol. The lowest BCUT2D eigenvalue weighted by atomic mass is 10.0. The van der Waals surface area contributed by atoms with Crippen LogP contribution in [-0.4, -0.2) is 53.5 Å². The predicted octanol–water partition coefficient (Wildman–Crippen LogP) is 0.800. The number of aliphatic carboxylic acids is 1. The highest BCUT2D eigenvalue weighted by atomic mass is 19.1. The van der Waals surface area contributed by atoms with Crippen LogP contribution in [0.3, 0.4) is 0 Å². The molecule has 1 aromatic rings. The molecule has 1 saturated heterocycles. The summed E-state index contributed by atoms with van der Waals surface area (Å²) in [4.78, 5) is 25.8. The van der Waals surface area contributed by atoms with Gasteiger partial charge in [-0.05, 0) is 6.07 Å². The van der Waals surface area contributed by atoms with Crippen LogP contribution in [0.4, 0.5) is 4.39 Å². The van der Waals surface area contributed by atoms with Crippen molar-refractivity contribution in [1.82, 2.24) is 9.80 Å². The number of carboxylic acid groups (broad SMARTS) is 1. The number of carbonyl (C=O) groups excluding carboxylic acids is 1. The van der Waals surface area contributed by atoms with E-state index in [9.17, 15) is 14.0 Å². The lowest BCUT2D eigenvalue weighted by molar-refractivity contribution is -0.149. The number of carboxylic acids is 1. The minimum atomic E-state index is -0.826. The van der Waals surface area contributed by atoms with Crippen LogP contribution < -0.4 is 0 Å². The fourth-order valence-electron chi connectivity index (χ4n) is 2.14. The molecule has 0 spiro atoms. The Morgan fingerprint density at radius 2 is 2.05 bits per heavy atom. The third kappa shape index (κ3) is 3.33. The van der Waals surface area contributed by atoms with Crippen molar-refractivity contribution in [2.24, 2.45) is 5.92 Å². The molecule has 0 aliphatic carbocycles. The molecule has 1 amide bonds. The monoisotopic (exact) mass is 280 g/mol. The summed E-state index contributed by atoms with van der Waals surface area (Å²) in [5, 5.41) is 8.76. The van der Waals surface area contributed by atoms with Gasteiger partial charge in [-0.2, -0.15) is 0 Å². The first-order chi connectivity index (χ1) is 9.47. The topological polar surface area (TPSA) is 60.9 Å². The van der Waals surface area contributed by atoms with Crippen LogP contribution in [0.2, 0.25) is 0 Å². The number of likely N-dealkylation sites (tertiary alicyclic amines) is 1. The number of likely N-dealkylation sites (N-methyl/N-ethyl adjacent to an activating group) is 1. The van der Waals surface area contributed by atoms with Gasteiger partial charge in [0.15, 0.2) is 0 Å². The molecular weight excluding hydrogens is 263 g/mol. The van der Waals surface area contributed by atoms with Crippen LogP contribution in [0.5, 0.6) is 0 Å². The molecule has 0 atom stereocenters. The first-order valence-corrected chi connectivity index (χ1v) is 6.40. The van der Waals surface area contributed by atoms with Crippen LogP contribution in [-0.2, 0) is 16.1 Å². The van der Waals surface area contributed by atoms with E-state index in [4.69, 9.17) is 5.11 Å². The first-order valence-electron chi connectivity index (χ1n) is 6.40. The van der Waals surface area contributed by atoms with E-state index in [1.165, 1.54) is 11.0 Å². The lowest BCUT2D eigenvalue weighted by Gasteiger charge is -2.36. The summed E-state index contributed by atoms with van der Waals surface area (Å²) in [7, 11) is 1.61. The fraction of sp³-hybridized carbons (Fsp3) is 0.429. The quantitative estimate of drug-likeness (QED) is 0.866. The van der Waals surface area contributed by atoms with Crippen molar-refractivity contribution in [2.75, 3.05) is 26.7 Å². The second kappa shape index (κ2) is 6.00. The van der Waals surface area contributed by atoms with Crippen LogP contribution >= 0.6 is 0 Å². The van der Waals surface area contributed by atoms with Crippen molar-refractivity contribution >= 4 is 11.9 Å². The Kier molecular flexibility index (Phi) is 4.34. The highest BCUT2D eigenvalue weighted by molar-refractivity contribution is 5.79. The van der Waals surface area contributed by atoms with Crippen LogP contribution in [0.25, 0.3) is 0 Å². The van der Waals surface area contributed by atoms with E-state index < -0.39 is 5.97 Å². The van der Waals surface area contributed by atoms with Gasteiger partial charge in [0.25, 0.3) is 0 Å². The summed E-state index contributed by atoms with van der Waals surface area (Å²) < 4.78 is 13.5. The Labute approximate surface area is 116 Å². The van der Waals surface area contributed by atoms with E-state index in [-0.39, 0.29) is 30.7 Å². The zero-order valence-electron chi connectivity index (χ0n) is 11.3. The Bertz CT molecular complexity index is 515. The van der Waals surface area contributed by atoms with E-state index in [1.54, 1.807) is 30.1 Å². The molecule has 1 heterocycles. The normalized spacial score (nSPS) is 15.7. The molecule has 1 aliphatic rings. The van der Waals surface area contributed by atoms with Crippen molar-refractivity contribution in [2.45, 2.75) is 6.54 Å². The van der Waals surface area contributed by atoms with Gasteiger partial charge in [-0.1, -0.05) is 18.2 Å². The van der Waals surface area contributed by atoms with Gasteiger partial charge in [0, 0.05) is 32.2 Å². The highest BCUT2D eigenvalue weighted by Crippen LogP contribution is 2.16. The molecule has 0 radical (unpaired) electrons. The minimum Gasteiger partial charge on any atom is -0.481 e. The second-order valence-electron chi connectivity index (χ2n) is 5.07. The van der Waals surface area contributed by atoms with Gasteiger partial charge in [-0.15, -0.1) is 0 Å². The molecule has 2 rings (SSSR count). The molecule has 0 aromatic heterocycles. The number of benzene rings is 1. The zero-order valence-corrected chi connectivity index (χ0v) is 11.3. The summed E-state index contributed by atoms with van der Waals surface area (Å²) in [6.45, 7) is 1.18. The SMILES string of the molecule is CN(Cc1ccccc1F)C(=O)CN1CC(C(=O)O)C1. The van der Waals surface area contributed by atoms with E-state index in [0.717, 1.165) is 0 Å². The van der Waals surface area contributed by atoms with Gasteiger partial charge in [-0.25, -0.2) is 4.39 Å². The molecule has 6 heteroatoms. The van der Waals surface area contributed by atoms with Gasteiger partial charge in [-0.3, -0.25) is 14.5 Å². The molecule has 1 N–H and O–H groups in total. The van der Waals surface area contributed by atoms with Gasteiger partial charge in [0.2, 0.25) is 5.91 Å². The van der Waals surface area contributed by atoms with Gasteiger partial charge >= 0.3 is 5.97 Å². The third-order valence-electron chi connectivity index (χ3n) is 3.46. The molecule has 0 saturated carbocycles. The van der Waals surface area contributed by atoms with Crippen LogP contribution in [0.15, 0.2) is 24.3 Å². The van der Waals surface area contributed by atoms with Crippen molar-refractivity contribution in [3.63, 3.8) is 0 Å². The first kappa shape index (κ1) is 14.5. The average Bonchev–Trinajstić information content (AvgIpc) is 2.35. The number of halogens is 1. The van der Waals surface area contributed by atoms with Crippen molar-refractivity contribution in [1.29, 1.82) is 0 Å². The molecule has 1 aliphatic heterocycles. The summed E-state index contributed by atoms with van der Waals surface area (Å²) in [6, 6.07) is 6.33. The molecule has 0 bridgehead atoms. The maximum Gasteiger partial charge on any atom is 0.309 e. The molecule has 108 valence electrons. The summed E-state index contributed by atoms with van der Waals surface area (Å²) >= 11 is 0. The predicted molar refractivity (Wildman–Crippen MR) is 70.4 cm³/mol. The third-order valence-corrected chi connectivity index (χ3v) is 3.46. The van der Waals surface area contributed by atoms with Crippen LogP contribution in [0.1, 0.15) is 5.56 Å². The molecule has 1 fully saturated rings. The smallest absolute Gasteiger partial charge is 0.309 e. The minimum absolute atomic E-state index is 0.142. The molecule has 20 heavy (non-hydrogen) atoms. The largest absolute Gasteiger partial charge is 0.481 e.